The third-order valence-corrected chi connectivity index (χ3v) is 3.68. The molecule has 26 heavy (non-hydrogen) atoms. The molecule has 3 N–H and O–H groups in total. The topological polar surface area (TPSA) is 87.3 Å². The summed E-state index contributed by atoms with van der Waals surface area (Å²) in [7, 11) is 0. The second kappa shape index (κ2) is 9.17. The van der Waals surface area contributed by atoms with E-state index in [1.165, 1.54) is 0 Å². The second-order valence-electron chi connectivity index (χ2n) is 5.60. The van der Waals surface area contributed by atoms with Crippen LogP contribution < -0.4 is 16.0 Å². The Kier molecular flexibility index (Phi) is 6.68. The summed E-state index contributed by atoms with van der Waals surface area (Å²) in [6, 6.07) is 15.5. The van der Waals surface area contributed by atoms with Gasteiger partial charge in [0, 0.05) is 6.54 Å². The third-order valence-electron chi connectivity index (χ3n) is 3.68. The van der Waals surface area contributed by atoms with Crippen molar-refractivity contribution in [2.75, 3.05) is 11.9 Å². The van der Waals surface area contributed by atoms with E-state index in [0.29, 0.717) is 6.54 Å². The van der Waals surface area contributed by atoms with Crippen LogP contribution in [0.3, 0.4) is 0 Å². The molecule has 0 spiro atoms. The number of rotatable bonds is 6. The summed E-state index contributed by atoms with van der Waals surface area (Å²) in [5.41, 5.74) is 1.42. The zero-order chi connectivity index (χ0) is 18.9. The maximum Gasteiger partial charge on any atom is 0.313 e. The van der Waals surface area contributed by atoms with Gasteiger partial charge in [-0.25, -0.2) is 0 Å². The van der Waals surface area contributed by atoms with Crippen molar-refractivity contribution in [3.63, 3.8) is 0 Å². The van der Waals surface area contributed by atoms with Crippen LogP contribution in [0.25, 0.3) is 0 Å². The first-order valence-electron chi connectivity index (χ1n) is 8.18. The van der Waals surface area contributed by atoms with Crippen LogP contribution in [0.15, 0.2) is 67.3 Å². The van der Waals surface area contributed by atoms with Crippen LogP contribution >= 0.6 is 0 Å². The smallest absolute Gasteiger partial charge is 0.313 e. The minimum absolute atomic E-state index is 0.265. The standard InChI is InChI=1S/C20H21N3O3/c1-3-13-21-18(24)16-11-7-8-12-17(16)23-20(26)19(25)22-14(2)15-9-5-4-6-10-15/h3-12,14H,1,13H2,2H3,(H,21,24)(H,22,25)(H,23,26)/t14-/m0/s1. The van der Waals surface area contributed by atoms with Crippen molar-refractivity contribution in [2.24, 2.45) is 0 Å². The van der Waals surface area contributed by atoms with Crippen molar-refractivity contribution in [3.8, 4) is 0 Å². The Morgan fingerprint density at radius 2 is 1.65 bits per heavy atom. The number of hydrogen-bond acceptors (Lipinski definition) is 3. The van der Waals surface area contributed by atoms with E-state index in [4.69, 9.17) is 0 Å². The summed E-state index contributed by atoms with van der Waals surface area (Å²) in [5.74, 6) is -1.97. The Hall–Kier alpha value is -3.41. The Balaban J connectivity index is 2.04. The molecule has 0 saturated heterocycles. The number of hydrogen-bond donors (Lipinski definition) is 3. The lowest BCUT2D eigenvalue weighted by Gasteiger charge is -2.15. The lowest BCUT2D eigenvalue weighted by molar-refractivity contribution is -0.136. The van der Waals surface area contributed by atoms with E-state index in [-0.39, 0.29) is 23.2 Å². The number of nitrogens with one attached hydrogen (secondary N) is 3. The number of para-hydroxylation sites is 1. The maximum atomic E-state index is 12.2. The fourth-order valence-electron chi connectivity index (χ4n) is 2.32. The van der Waals surface area contributed by atoms with Gasteiger partial charge < -0.3 is 16.0 Å². The zero-order valence-electron chi connectivity index (χ0n) is 14.5. The molecular weight excluding hydrogens is 330 g/mol. The van der Waals surface area contributed by atoms with E-state index in [1.807, 2.05) is 30.3 Å². The van der Waals surface area contributed by atoms with Crippen LogP contribution in [0.4, 0.5) is 5.69 Å². The highest BCUT2D eigenvalue weighted by atomic mass is 16.2. The van der Waals surface area contributed by atoms with E-state index in [9.17, 15) is 14.4 Å². The Morgan fingerprint density at radius 1 is 1.00 bits per heavy atom. The Bertz CT molecular complexity index is 803. The van der Waals surface area contributed by atoms with Crippen LogP contribution in [-0.2, 0) is 9.59 Å². The summed E-state index contributed by atoms with van der Waals surface area (Å²) in [4.78, 5) is 36.5. The molecule has 0 unspecified atom stereocenters. The molecule has 0 aromatic heterocycles. The number of amides is 3. The number of carbonyl (C=O) groups is 3. The van der Waals surface area contributed by atoms with Crippen LogP contribution in [0.2, 0.25) is 0 Å². The molecule has 0 fully saturated rings. The SMILES string of the molecule is C=CCNC(=O)c1ccccc1NC(=O)C(=O)N[C@@H](C)c1ccccc1. The molecule has 6 heteroatoms. The van der Waals surface area contributed by atoms with Gasteiger partial charge in [-0.05, 0) is 24.6 Å². The molecule has 0 saturated carbocycles. The van der Waals surface area contributed by atoms with Gasteiger partial charge in [0.2, 0.25) is 0 Å². The summed E-state index contributed by atoms with van der Waals surface area (Å²) in [6.45, 7) is 5.63. The van der Waals surface area contributed by atoms with E-state index in [1.54, 1.807) is 37.3 Å². The normalized spacial score (nSPS) is 11.1. The van der Waals surface area contributed by atoms with Crippen molar-refractivity contribution in [3.05, 3.63) is 78.4 Å². The Morgan fingerprint density at radius 3 is 2.35 bits per heavy atom. The average Bonchev–Trinajstić information content (AvgIpc) is 2.67. The molecule has 2 aromatic carbocycles. The van der Waals surface area contributed by atoms with Crippen molar-refractivity contribution in [1.29, 1.82) is 0 Å². The summed E-state index contributed by atoms with van der Waals surface area (Å²) < 4.78 is 0. The minimum atomic E-state index is -0.836. The lowest BCUT2D eigenvalue weighted by Crippen LogP contribution is -2.37. The molecule has 6 nitrogen and oxygen atoms in total. The van der Waals surface area contributed by atoms with Crippen molar-refractivity contribution < 1.29 is 14.4 Å². The first kappa shape index (κ1) is 18.9. The van der Waals surface area contributed by atoms with E-state index >= 15 is 0 Å². The van der Waals surface area contributed by atoms with E-state index < -0.39 is 11.8 Å². The summed E-state index contributed by atoms with van der Waals surface area (Å²) in [5, 5.41) is 7.76. The predicted molar refractivity (Wildman–Crippen MR) is 101 cm³/mol. The molecule has 0 aliphatic heterocycles. The first-order valence-corrected chi connectivity index (χ1v) is 8.18. The fourth-order valence-corrected chi connectivity index (χ4v) is 2.32. The van der Waals surface area contributed by atoms with Gasteiger partial charge in [0.15, 0.2) is 0 Å². The van der Waals surface area contributed by atoms with Crippen LogP contribution in [-0.4, -0.2) is 24.3 Å². The molecule has 2 aromatic rings. The molecule has 0 aliphatic rings. The number of anilines is 1. The van der Waals surface area contributed by atoms with Gasteiger partial charge in [-0.3, -0.25) is 14.4 Å². The van der Waals surface area contributed by atoms with Gasteiger partial charge >= 0.3 is 11.8 Å². The van der Waals surface area contributed by atoms with Gasteiger partial charge in [-0.15, -0.1) is 6.58 Å². The van der Waals surface area contributed by atoms with Crippen LogP contribution in [0.5, 0.6) is 0 Å². The van der Waals surface area contributed by atoms with Crippen molar-refractivity contribution >= 4 is 23.4 Å². The molecule has 3 amide bonds. The molecule has 0 bridgehead atoms. The number of carbonyl (C=O) groups excluding carboxylic acids is 3. The maximum absolute atomic E-state index is 12.2. The quantitative estimate of drug-likeness (QED) is 0.552. The van der Waals surface area contributed by atoms with Crippen molar-refractivity contribution in [1.82, 2.24) is 10.6 Å². The lowest BCUT2D eigenvalue weighted by atomic mass is 10.1. The Labute approximate surface area is 152 Å². The highest BCUT2D eigenvalue weighted by Gasteiger charge is 2.19. The molecule has 2 rings (SSSR count). The summed E-state index contributed by atoms with van der Waals surface area (Å²) in [6.07, 6.45) is 1.55. The van der Waals surface area contributed by atoms with Crippen LogP contribution in [0.1, 0.15) is 28.9 Å². The van der Waals surface area contributed by atoms with Crippen LogP contribution in [0, 0.1) is 0 Å². The van der Waals surface area contributed by atoms with Gasteiger partial charge in [-0.1, -0.05) is 48.5 Å². The average molecular weight is 351 g/mol. The molecule has 134 valence electrons. The second-order valence-corrected chi connectivity index (χ2v) is 5.60. The summed E-state index contributed by atoms with van der Waals surface area (Å²) >= 11 is 0. The first-order chi connectivity index (χ1) is 12.5. The van der Waals surface area contributed by atoms with Gasteiger partial charge in [0.05, 0.1) is 17.3 Å². The molecule has 0 radical (unpaired) electrons. The molecule has 1 atom stereocenters. The number of benzene rings is 2. The largest absolute Gasteiger partial charge is 0.349 e. The molecule has 0 aliphatic carbocycles. The zero-order valence-corrected chi connectivity index (χ0v) is 14.5. The van der Waals surface area contributed by atoms with Gasteiger partial charge in [0.25, 0.3) is 5.91 Å². The highest BCUT2D eigenvalue weighted by Crippen LogP contribution is 2.15. The van der Waals surface area contributed by atoms with E-state index in [2.05, 4.69) is 22.5 Å². The van der Waals surface area contributed by atoms with Crippen molar-refractivity contribution in [2.45, 2.75) is 13.0 Å². The van der Waals surface area contributed by atoms with Gasteiger partial charge in [-0.2, -0.15) is 0 Å². The highest BCUT2D eigenvalue weighted by molar-refractivity contribution is 6.40. The molecular formula is C20H21N3O3. The minimum Gasteiger partial charge on any atom is -0.349 e. The third kappa shape index (κ3) is 5.04. The monoisotopic (exact) mass is 351 g/mol. The predicted octanol–water partition coefficient (Wildman–Crippen LogP) is 2.42. The van der Waals surface area contributed by atoms with E-state index in [0.717, 1.165) is 5.56 Å². The molecule has 0 heterocycles. The van der Waals surface area contributed by atoms with Gasteiger partial charge in [0.1, 0.15) is 0 Å². The fraction of sp³-hybridized carbons (Fsp3) is 0.150.